The van der Waals surface area contributed by atoms with Gasteiger partial charge in [0.1, 0.15) is 5.69 Å². The molecule has 0 unspecified atom stereocenters. The van der Waals surface area contributed by atoms with Crippen LogP contribution in [0.15, 0.2) is 53.3 Å². The summed E-state index contributed by atoms with van der Waals surface area (Å²) in [6, 6.07) is 11.9. The summed E-state index contributed by atoms with van der Waals surface area (Å²) in [5.74, 6) is 0.180. The van der Waals surface area contributed by atoms with Gasteiger partial charge in [0, 0.05) is 37.1 Å². The van der Waals surface area contributed by atoms with Gasteiger partial charge in [-0.05, 0) is 25.8 Å². The third-order valence-corrected chi connectivity index (χ3v) is 4.65. The van der Waals surface area contributed by atoms with Crippen LogP contribution in [0.3, 0.4) is 0 Å². The second-order valence-corrected chi connectivity index (χ2v) is 6.48. The van der Waals surface area contributed by atoms with Crippen LogP contribution >= 0.6 is 0 Å². The van der Waals surface area contributed by atoms with Gasteiger partial charge < -0.3 is 9.42 Å². The summed E-state index contributed by atoms with van der Waals surface area (Å²) < 4.78 is 7.25. The third-order valence-electron chi connectivity index (χ3n) is 4.65. The van der Waals surface area contributed by atoms with Crippen molar-refractivity contribution in [3.63, 3.8) is 0 Å². The summed E-state index contributed by atoms with van der Waals surface area (Å²) in [5.41, 5.74) is 2.81. The van der Waals surface area contributed by atoms with E-state index in [2.05, 4.69) is 10.3 Å². The highest BCUT2D eigenvalue weighted by Gasteiger charge is 2.28. The van der Waals surface area contributed by atoms with E-state index in [1.54, 1.807) is 12.3 Å². The molecule has 0 spiro atoms. The predicted molar refractivity (Wildman–Crippen MR) is 93.1 cm³/mol. The summed E-state index contributed by atoms with van der Waals surface area (Å²) >= 11 is 0. The minimum atomic E-state index is -0.109. The summed E-state index contributed by atoms with van der Waals surface area (Å²) in [5, 5.41) is 8.36. The van der Waals surface area contributed by atoms with E-state index in [4.69, 9.17) is 4.52 Å². The molecule has 25 heavy (non-hydrogen) atoms. The van der Waals surface area contributed by atoms with Crippen LogP contribution in [0.5, 0.6) is 0 Å². The molecule has 3 heterocycles. The highest BCUT2D eigenvalue weighted by Crippen LogP contribution is 2.24. The number of amides is 1. The maximum atomic E-state index is 12.8. The molecule has 2 aromatic heterocycles. The van der Waals surface area contributed by atoms with Crippen molar-refractivity contribution in [1.82, 2.24) is 19.8 Å². The smallest absolute Gasteiger partial charge is 0.292 e. The fourth-order valence-electron chi connectivity index (χ4n) is 3.24. The molecule has 1 amide bonds. The molecule has 1 atom stereocenters. The SMILES string of the molecule is Cc1ccc(-c2cc(C(=O)N3CCC[C@H](n4cccn4)C3)on2)cc1. The van der Waals surface area contributed by atoms with Crippen LogP contribution in [-0.4, -0.2) is 38.8 Å². The number of carbonyl (C=O) groups is 1. The Morgan fingerprint density at radius 1 is 1.28 bits per heavy atom. The summed E-state index contributed by atoms with van der Waals surface area (Å²) in [4.78, 5) is 14.6. The average Bonchev–Trinajstić information content (AvgIpc) is 3.34. The van der Waals surface area contributed by atoms with Gasteiger partial charge in [-0.2, -0.15) is 5.10 Å². The Labute approximate surface area is 146 Å². The second kappa shape index (κ2) is 6.55. The van der Waals surface area contributed by atoms with Gasteiger partial charge in [0.25, 0.3) is 5.91 Å². The van der Waals surface area contributed by atoms with E-state index in [1.165, 1.54) is 5.56 Å². The fourth-order valence-corrected chi connectivity index (χ4v) is 3.24. The highest BCUT2D eigenvalue weighted by molar-refractivity contribution is 5.92. The van der Waals surface area contributed by atoms with Crippen LogP contribution in [0.4, 0.5) is 0 Å². The lowest BCUT2D eigenvalue weighted by atomic mass is 10.1. The van der Waals surface area contributed by atoms with E-state index in [1.807, 2.05) is 53.0 Å². The molecule has 128 valence electrons. The molecule has 6 nitrogen and oxygen atoms in total. The molecule has 0 saturated carbocycles. The topological polar surface area (TPSA) is 64.2 Å². The summed E-state index contributed by atoms with van der Waals surface area (Å²) in [6.45, 7) is 3.41. The molecule has 0 N–H and O–H groups in total. The molecule has 1 saturated heterocycles. The zero-order chi connectivity index (χ0) is 17.2. The van der Waals surface area contributed by atoms with Crippen LogP contribution in [0, 0.1) is 6.92 Å². The molecule has 1 fully saturated rings. The summed E-state index contributed by atoms with van der Waals surface area (Å²) in [7, 11) is 0. The normalized spacial score (nSPS) is 17.6. The maximum absolute atomic E-state index is 12.8. The largest absolute Gasteiger partial charge is 0.350 e. The van der Waals surface area contributed by atoms with Crippen LogP contribution in [0.25, 0.3) is 11.3 Å². The molecular formula is C19H20N4O2. The lowest BCUT2D eigenvalue weighted by Gasteiger charge is -2.32. The van der Waals surface area contributed by atoms with E-state index in [0.717, 1.165) is 24.9 Å². The van der Waals surface area contributed by atoms with Crippen molar-refractivity contribution in [2.45, 2.75) is 25.8 Å². The molecule has 1 aliphatic heterocycles. The quantitative estimate of drug-likeness (QED) is 0.736. The van der Waals surface area contributed by atoms with Crippen LogP contribution < -0.4 is 0 Å². The number of aryl methyl sites for hydroxylation is 1. The Bertz CT molecular complexity index is 852. The zero-order valence-corrected chi connectivity index (χ0v) is 14.1. The van der Waals surface area contributed by atoms with Crippen molar-refractivity contribution < 1.29 is 9.32 Å². The van der Waals surface area contributed by atoms with E-state index < -0.39 is 0 Å². The van der Waals surface area contributed by atoms with Gasteiger partial charge in [0.05, 0.1) is 6.04 Å². The van der Waals surface area contributed by atoms with E-state index in [0.29, 0.717) is 12.2 Å². The standard InChI is InChI=1S/C19H20N4O2/c1-14-5-7-15(8-6-14)17-12-18(25-21-17)19(24)22-10-2-4-16(13-22)23-11-3-9-20-23/h3,5-9,11-12,16H,2,4,10,13H2,1H3/t16-/m0/s1. The second-order valence-electron chi connectivity index (χ2n) is 6.48. The molecule has 0 aliphatic carbocycles. The van der Waals surface area contributed by atoms with E-state index in [9.17, 15) is 4.79 Å². The monoisotopic (exact) mass is 336 g/mol. The van der Waals surface area contributed by atoms with E-state index in [-0.39, 0.29) is 17.7 Å². The van der Waals surface area contributed by atoms with Crippen LogP contribution in [0.1, 0.15) is 35.0 Å². The summed E-state index contributed by atoms with van der Waals surface area (Å²) in [6.07, 6.45) is 5.69. The Morgan fingerprint density at radius 3 is 2.88 bits per heavy atom. The highest BCUT2D eigenvalue weighted by atomic mass is 16.5. The minimum absolute atomic E-state index is 0.109. The van der Waals surface area contributed by atoms with Crippen LogP contribution in [-0.2, 0) is 0 Å². The molecule has 3 aromatic rings. The first-order chi connectivity index (χ1) is 12.2. The molecular weight excluding hydrogens is 316 g/mol. The number of aromatic nitrogens is 3. The molecule has 1 aromatic carbocycles. The first-order valence-corrected chi connectivity index (χ1v) is 8.53. The van der Waals surface area contributed by atoms with Gasteiger partial charge in [-0.1, -0.05) is 35.0 Å². The van der Waals surface area contributed by atoms with Crippen molar-refractivity contribution in [3.8, 4) is 11.3 Å². The molecule has 0 bridgehead atoms. The number of hydrogen-bond acceptors (Lipinski definition) is 4. The maximum Gasteiger partial charge on any atom is 0.292 e. The van der Waals surface area contributed by atoms with Gasteiger partial charge in [0.15, 0.2) is 0 Å². The van der Waals surface area contributed by atoms with Gasteiger partial charge in [-0.25, -0.2) is 0 Å². The number of likely N-dealkylation sites (tertiary alicyclic amines) is 1. The Kier molecular flexibility index (Phi) is 4.09. The lowest BCUT2D eigenvalue weighted by molar-refractivity contribution is 0.0631. The fraction of sp³-hybridized carbons (Fsp3) is 0.316. The molecule has 0 radical (unpaired) electrons. The Hall–Kier alpha value is -2.89. The lowest BCUT2D eigenvalue weighted by Crippen LogP contribution is -2.40. The first-order valence-electron chi connectivity index (χ1n) is 8.53. The van der Waals surface area contributed by atoms with Crippen molar-refractivity contribution in [3.05, 3.63) is 60.1 Å². The number of nitrogens with zero attached hydrogens (tertiary/aromatic N) is 4. The Morgan fingerprint density at radius 2 is 2.12 bits per heavy atom. The molecule has 4 rings (SSSR count). The number of hydrogen-bond donors (Lipinski definition) is 0. The molecule has 1 aliphatic rings. The van der Waals surface area contributed by atoms with Gasteiger partial charge in [0.2, 0.25) is 5.76 Å². The number of rotatable bonds is 3. The van der Waals surface area contributed by atoms with E-state index >= 15 is 0 Å². The number of carbonyl (C=O) groups excluding carboxylic acids is 1. The number of benzene rings is 1. The van der Waals surface area contributed by atoms with Crippen molar-refractivity contribution >= 4 is 5.91 Å². The zero-order valence-electron chi connectivity index (χ0n) is 14.1. The van der Waals surface area contributed by atoms with Gasteiger partial charge in [-0.15, -0.1) is 0 Å². The average molecular weight is 336 g/mol. The van der Waals surface area contributed by atoms with Crippen LogP contribution in [0.2, 0.25) is 0 Å². The van der Waals surface area contributed by atoms with Crippen molar-refractivity contribution in [2.75, 3.05) is 13.1 Å². The van der Waals surface area contributed by atoms with Gasteiger partial charge >= 0.3 is 0 Å². The van der Waals surface area contributed by atoms with Crippen molar-refractivity contribution in [1.29, 1.82) is 0 Å². The van der Waals surface area contributed by atoms with Crippen molar-refractivity contribution in [2.24, 2.45) is 0 Å². The third kappa shape index (κ3) is 3.20. The predicted octanol–water partition coefficient (Wildman–Crippen LogP) is 3.32. The minimum Gasteiger partial charge on any atom is -0.350 e. The van der Waals surface area contributed by atoms with Gasteiger partial charge in [-0.3, -0.25) is 9.48 Å². The Balaban J connectivity index is 1.50. The number of piperidine rings is 1. The first kappa shape index (κ1) is 15.6. The molecule has 6 heteroatoms.